The van der Waals surface area contributed by atoms with Gasteiger partial charge in [0.25, 0.3) is 0 Å². The van der Waals surface area contributed by atoms with Crippen molar-refractivity contribution in [3.8, 4) is 0 Å². The van der Waals surface area contributed by atoms with E-state index in [1.165, 1.54) is 0 Å². The van der Waals surface area contributed by atoms with Crippen molar-refractivity contribution in [2.24, 2.45) is 5.41 Å². The summed E-state index contributed by atoms with van der Waals surface area (Å²) in [6, 6.07) is 0. The van der Waals surface area contributed by atoms with Gasteiger partial charge in [0.05, 0.1) is 0 Å². The van der Waals surface area contributed by atoms with Crippen molar-refractivity contribution >= 4 is 11.9 Å². The van der Waals surface area contributed by atoms with Crippen LogP contribution in [0.1, 0.15) is 26.7 Å². The van der Waals surface area contributed by atoms with Gasteiger partial charge in [0.2, 0.25) is 0 Å². The van der Waals surface area contributed by atoms with E-state index in [0.29, 0.717) is 0 Å². The second kappa shape index (κ2) is 10.2. The van der Waals surface area contributed by atoms with E-state index in [1.807, 2.05) is 0 Å². The SMILES string of the molecule is CC(C)(CC(=O)[O-])CC(=O)[O-].[Cs+].[Cs+]. The van der Waals surface area contributed by atoms with Crippen LogP contribution in [0.15, 0.2) is 0 Å². The number of hydrogen-bond acceptors (Lipinski definition) is 4. The molecule has 6 heteroatoms. The van der Waals surface area contributed by atoms with Crippen LogP contribution in [0.3, 0.4) is 0 Å². The molecule has 13 heavy (non-hydrogen) atoms. The van der Waals surface area contributed by atoms with Gasteiger partial charge in [-0.15, -0.1) is 0 Å². The van der Waals surface area contributed by atoms with Gasteiger partial charge in [0.15, 0.2) is 0 Å². The molecule has 0 aromatic rings. The monoisotopic (exact) mass is 424 g/mol. The summed E-state index contributed by atoms with van der Waals surface area (Å²) in [7, 11) is 0. The first-order valence-corrected chi connectivity index (χ1v) is 3.23. The van der Waals surface area contributed by atoms with Crippen molar-refractivity contribution in [3.05, 3.63) is 0 Å². The second-order valence-corrected chi connectivity index (χ2v) is 3.26. The number of carboxylic acids is 2. The minimum absolute atomic E-state index is 0. The molecule has 0 rings (SSSR count). The molecule has 0 bridgehead atoms. The third-order valence-electron chi connectivity index (χ3n) is 1.25. The van der Waals surface area contributed by atoms with E-state index < -0.39 is 17.4 Å². The fourth-order valence-corrected chi connectivity index (χ4v) is 0.844. The first-order valence-electron chi connectivity index (χ1n) is 3.23. The van der Waals surface area contributed by atoms with E-state index in [0.717, 1.165) is 0 Å². The molecule has 0 radical (unpaired) electrons. The predicted molar refractivity (Wildman–Crippen MR) is 33.0 cm³/mol. The van der Waals surface area contributed by atoms with Crippen molar-refractivity contribution in [1.82, 2.24) is 0 Å². The van der Waals surface area contributed by atoms with Crippen LogP contribution in [0.25, 0.3) is 0 Å². The van der Waals surface area contributed by atoms with Crippen molar-refractivity contribution in [3.63, 3.8) is 0 Å². The van der Waals surface area contributed by atoms with Crippen LogP contribution >= 0.6 is 0 Å². The third kappa shape index (κ3) is 15.0. The van der Waals surface area contributed by atoms with Gasteiger partial charge in [-0.05, 0) is 18.3 Å². The molecule has 0 aliphatic heterocycles. The molecule has 0 spiro atoms. The summed E-state index contributed by atoms with van der Waals surface area (Å²) < 4.78 is 0. The van der Waals surface area contributed by atoms with E-state index >= 15 is 0 Å². The molecule has 0 saturated heterocycles. The minimum atomic E-state index is -1.24. The van der Waals surface area contributed by atoms with Crippen LogP contribution in [0.2, 0.25) is 0 Å². The minimum Gasteiger partial charge on any atom is -0.550 e. The Morgan fingerprint density at radius 3 is 1.38 bits per heavy atom. The normalized spacial score (nSPS) is 9.38. The van der Waals surface area contributed by atoms with E-state index in [1.54, 1.807) is 13.8 Å². The van der Waals surface area contributed by atoms with E-state index in [9.17, 15) is 19.8 Å². The molecule has 0 N–H and O–H groups in total. The molecule has 0 aromatic carbocycles. The smallest absolute Gasteiger partial charge is 0.550 e. The van der Waals surface area contributed by atoms with Crippen molar-refractivity contribution < 1.29 is 158 Å². The van der Waals surface area contributed by atoms with Crippen LogP contribution in [-0.2, 0) is 9.59 Å². The molecular weight excluding hydrogens is 414 g/mol. The summed E-state index contributed by atoms with van der Waals surface area (Å²) >= 11 is 0. The molecular formula is C7H10Cs2O4. The van der Waals surface area contributed by atoms with Gasteiger partial charge >= 0.3 is 138 Å². The van der Waals surface area contributed by atoms with Crippen LogP contribution in [0.4, 0.5) is 0 Å². The Morgan fingerprint density at radius 1 is 1.00 bits per heavy atom. The first kappa shape index (κ1) is 21.3. The van der Waals surface area contributed by atoms with E-state index in [-0.39, 0.29) is 151 Å². The zero-order valence-corrected chi connectivity index (χ0v) is 21.1. The van der Waals surface area contributed by atoms with Crippen molar-refractivity contribution in [1.29, 1.82) is 0 Å². The van der Waals surface area contributed by atoms with Gasteiger partial charge in [0, 0.05) is 11.9 Å². The standard InChI is InChI=1S/C7H12O4.2Cs/c1-7(2,3-5(8)9)4-6(10)11;;/h3-4H2,1-2H3,(H,8,9)(H,10,11);;/q;2*+1/p-2. The molecule has 0 unspecified atom stereocenters. The third-order valence-corrected chi connectivity index (χ3v) is 1.25. The fraction of sp³-hybridized carbons (Fsp3) is 0.714. The maximum absolute atomic E-state index is 10.1. The van der Waals surface area contributed by atoms with Gasteiger partial charge in [-0.3, -0.25) is 0 Å². The van der Waals surface area contributed by atoms with Crippen LogP contribution < -0.4 is 148 Å². The number of aliphatic carboxylic acids is 2. The van der Waals surface area contributed by atoms with Gasteiger partial charge in [-0.2, -0.15) is 0 Å². The van der Waals surface area contributed by atoms with E-state index in [4.69, 9.17) is 0 Å². The van der Waals surface area contributed by atoms with Crippen molar-refractivity contribution in [2.75, 3.05) is 0 Å². The Balaban J connectivity index is -0.000000500. The topological polar surface area (TPSA) is 80.3 Å². The predicted octanol–water partition coefficient (Wildman–Crippen LogP) is -7.70. The summed E-state index contributed by atoms with van der Waals surface area (Å²) in [5.74, 6) is -2.48. The molecule has 0 fully saturated rings. The Labute approximate surface area is 195 Å². The average Bonchev–Trinajstić information content (AvgIpc) is 1.53. The summed E-state index contributed by atoms with van der Waals surface area (Å²) in [6.07, 6.45) is -0.526. The Morgan fingerprint density at radius 2 is 1.23 bits per heavy atom. The second-order valence-electron chi connectivity index (χ2n) is 3.26. The number of carbonyl (C=O) groups is 2. The average molecular weight is 424 g/mol. The fourth-order valence-electron chi connectivity index (χ4n) is 0.844. The molecule has 0 aliphatic carbocycles. The van der Waals surface area contributed by atoms with Gasteiger partial charge in [-0.1, -0.05) is 13.8 Å². The van der Waals surface area contributed by atoms with E-state index in [2.05, 4.69) is 0 Å². The number of carboxylic acid groups (broad SMARTS) is 2. The molecule has 0 aromatic heterocycles. The maximum Gasteiger partial charge on any atom is 1.00 e. The van der Waals surface area contributed by atoms with Crippen LogP contribution in [0.5, 0.6) is 0 Å². The summed E-state index contributed by atoms with van der Waals surface area (Å²) in [4.78, 5) is 20.1. The van der Waals surface area contributed by atoms with Crippen molar-refractivity contribution in [2.45, 2.75) is 26.7 Å². The van der Waals surface area contributed by atoms with Crippen LogP contribution in [-0.4, -0.2) is 11.9 Å². The number of carbonyl (C=O) groups excluding carboxylic acids is 2. The molecule has 4 nitrogen and oxygen atoms in total. The number of rotatable bonds is 4. The summed E-state index contributed by atoms with van der Waals surface area (Å²) in [5, 5.41) is 20.1. The van der Waals surface area contributed by atoms with Gasteiger partial charge in [0.1, 0.15) is 0 Å². The largest absolute Gasteiger partial charge is 1.00 e. The van der Waals surface area contributed by atoms with Crippen LogP contribution in [0, 0.1) is 5.41 Å². The molecule has 0 aliphatic rings. The zero-order valence-electron chi connectivity index (χ0n) is 8.55. The molecule has 0 amide bonds. The Bertz CT molecular complexity index is 161. The molecule has 0 atom stereocenters. The Hall–Kier alpha value is 3.04. The number of hydrogen-bond donors (Lipinski definition) is 0. The molecule has 64 valence electrons. The maximum atomic E-state index is 10.1. The summed E-state index contributed by atoms with van der Waals surface area (Å²) in [5.41, 5.74) is -0.780. The quantitative estimate of drug-likeness (QED) is 0.450. The Kier molecular flexibility index (Phi) is 16.8. The molecule has 0 saturated carbocycles. The summed E-state index contributed by atoms with van der Waals surface area (Å²) in [6.45, 7) is 3.08. The van der Waals surface area contributed by atoms with Gasteiger partial charge in [-0.25, -0.2) is 0 Å². The molecule has 0 heterocycles. The first-order chi connectivity index (χ1) is 4.83. The van der Waals surface area contributed by atoms with Gasteiger partial charge < -0.3 is 19.8 Å². The zero-order chi connectivity index (χ0) is 9.07.